The molecule has 34 heavy (non-hydrogen) atoms. The lowest BCUT2D eigenvalue weighted by Crippen LogP contribution is -2.40. The van der Waals surface area contributed by atoms with E-state index in [1.807, 2.05) is 11.4 Å². The third kappa shape index (κ3) is 5.42. The van der Waals surface area contributed by atoms with Crippen molar-refractivity contribution >= 4 is 46.3 Å². The van der Waals surface area contributed by atoms with Crippen molar-refractivity contribution in [3.8, 4) is 11.5 Å². The van der Waals surface area contributed by atoms with E-state index in [0.717, 1.165) is 36.6 Å². The Balaban J connectivity index is 1.33. The number of hydrogen-bond donors (Lipinski definition) is 1. The average molecular weight is 501 g/mol. The number of hydrogen-bond acceptors (Lipinski definition) is 9. The molecule has 3 aromatic rings. The number of benzene rings is 1. The lowest BCUT2D eigenvalue weighted by molar-refractivity contribution is 0.0513. The van der Waals surface area contributed by atoms with Crippen molar-refractivity contribution in [1.29, 1.82) is 0 Å². The second-order valence-corrected chi connectivity index (χ2v) is 8.91. The normalized spacial score (nSPS) is 14.0. The number of methoxy groups -OCH3 is 1. The number of thiocarbonyl (C=S) groups is 1. The van der Waals surface area contributed by atoms with Crippen LogP contribution in [0.1, 0.15) is 51.5 Å². The van der Waals surface area contributed by atoms with Gasteiger partial charge >= 0.3 is 11.9 Å². The Kier molecular flexibility index (Phi) is 7.53. The van der Waals surface area contributed by atoms with Crippen LogP contribution < -0.4 is 5.32 Å². The highest BCUT2D eigenvalue weighted by Gasteiger charge is 2.25. The Morgan fingerprint density at radius 2 is 2.06 bits per heavy atom. The van der Waals surface area contributed by atoms with E-state index >= 15 is 0 Å². The number of piperidine rings is 1. The summed E-state index contributed by atoms with van der Waals surface area (Å²) >= 11 is 7.16. The first-order valence-corrected chi connectivity index (χ1v) is 12.1. The minimum atomic E-state index is -0.512. The summed E-state index contributed by atoms with van der Waals surface area (Å²) in [5.41, 5.74) is 2.01. The summed E-state index contributed by atoms with van der Waals surface area (Å²) in [6.45, 7) is 3.59. The predicted octanol–water partition coefficient (Wildman–Crippen LogP) is 4.34. The largest absolute Gasteiger partial charge is 0.465 e. The van der Waals surface area contributed by atoms with E-state index in [2.05, 4.69) is 15.4 Å². The van der Waals surface area contributed by atoms with Crippen molar-refractivity contribution < 1.29 is 23.6 Å². The number of thiazole rings is 1. The van der Waals surface area contributed by atoms with E-state index in [4.69, 9.17) is 31.2 Å². The molecular formula is C23H24N4O5S2. The second kappa shape index (κ2) is 10.7. The van der Waals surface area contributed by atoms with Gasteiger partial charge in [0.25, 0.3) is 0 Å². The second-order valence-electron chi connectivity index (χ2n) is 7.63. The van der Waals surface area contributed by atoms with Crippen LogP contribution in [-0.2, 0) is 9.47 Å². The van der Waals surface area contributed by atoms with Crippen molar-refractivity contribution in [2.45, 2.75) is 25.7 Å². The zero-order chi connectivity index (χ0) is 24.1. The smallest absolute Gasteiger partial charge is 0.360 e. The molecule has 2 aromatic heterocycles. The van der Waals surface area contributed by atoms with E-state index < -0.39 is 5.97 Å². The fourth-order valence-corrected chi connectivity index (χ4v) is 4.94. The number of nitrogens with zero attached hydrogens (tertiary/aromatic N) is 3. The molecule has 0 amide bonds. The highest BCUT2D eigenvalue weighted by molar-refractivity contribution is 7.80. The fourth-order valence-electron chi connectivity index (χ4n) is 3.66. The quantitative estimate of drug-likeness (QED) is 0.388. The first-order valence-electron chi connectivity index (χ1n) is 10.8. The summed E-state index contributed by atoms with van der Waals surface area (Å²) in [6, 6.07) is 8.62. The molecule has 1 aliphatic rings. The number of likely N-dealkylation sites (tertiary alicyclic amines) is 1. The molecule has 178 valence electrons. The van der Waals surface area contributed by atoms with Crippen molar-refractivity contribution in [2.75, 3.05) is 32.1 Å². The van der Waals surface area contributed by atoms with Crippen LogP contribution in [0, 0.1) is 0 Å². The van der Waals surface area contributed by atoms with Gasteiger partial charge < -0.3 is 24.2 Å². The molecule has 1 N–H and O–H groups in total. The van der Waals surface area contributed by atoms with Gasteiger partial charge in [-0.3, -0.25) is 0 Å². The molecule has 9 nitrogen and oxygen atoms in total. The summed E-state index contributed by atoms with van der Waals surface area (Å²) in [6.07, 6.45) is 1.81. The lowest BCUT2D eigenvalue weighted by atomic mass is 9.98. The third-order valence-corrected chi connectivity index (χ3v) is 6.80. The van der Waals surface area contributed by atoms with Crippen molar-refractivity contribution in [1.82, 2.24) is 15.0 Å². The van der Waals surface area contributed by atoms with Gasteiger partial charge in [0.15, 0.2) is 16.6 Å². The Hall–Kier alpha value is -3.31. The monoisotopic (exact) mass is 500 g/mol. The predicted molar refractivity (Wildman–Crippen MR) is 131 cm³/mol. The molecule has 0 radical (unpaired) electrons. The molecule has 0 spiro atoms. The first kappa shape index (κ1) is 23.8. The van der Waals surface area contributed by atoms with Gasteiger partial charge in [-0.2, -0.15) is 0 Å². The third-order valence-electron chi connectivity index (χ3n) is 5.44. The number of carbonyl (C=O) groups excluding carboxylic acids is 2. The maximum Gasteiger partial charge on any atom is 0.360 e. The standard InChI is InChI=1S/C23H24N4O5S2/c1-3-31-22(29)17-12-19(32-26-17)18-13-34-20(25-18)14-7-9-27(10-8-14)23(33)24-16-6-4-5-15(11-16)21(28)30-2/h4-6,11-14H,3,7-10H2,1-2H3,(H,24,33). The minimum absolute atomic E-state index is 0.137. The Morgan fingerprint density at radius 1 is 1.26 bits per heavy atom. The zero-order valence-corrected chi connectivity index (χ0v) is 20.4. The van der Waals surface area contributed by atoms with E-state index in [-0.39, 0.29) is 18.3 Å². The van der Waals surface area contributed by atoms with Gasteiger partial charge in [0.2, 0.25) is 0 Å². The topological polar surface area (TPSA) is 107 Å². The van der Waals surface area contributed by atoms with Crippen LogP contribution in [0.4, 0.5) is 5.69 Å². The van der Waals surface area contributed by atoms with E-state index in [1.165, 1.54) is 7.11 Å². The highest BCUT2D eigenvalue weighted by atomic mass is 32.1. The molecule has 1 aromatic carbocycles. The van der Waals surface area contributed by atoms with Gasteiger partial charge in [0.1, 0.15) is 5.69 Å². The van der Waals surface area contributed by atoms with Crippen molar-refractivity contribution in [3.63, 3.8) is 0 Å². The van der Waals surface area contributed by atoms with Gasteiger partial charge in [-0.05, 0) is 50.2 Å². The van der Waals surface area contributed by atoms with Crippen LogP contribution in [0.2, 0.25) is 0 Å². The van der Waals surface area contributed by atoms with E-state index in [9.17, 15) is 9.59 Å². The molecule has 0 aliphatic carbocycles. The number of rotatable bonds is 6. The minimum Gasteiger partial charge on any atom is -0.465 e. The van der Waals surface area contributed by atoms with Crippen molar-refractivity contribution in [2.24, 2.45) is 0 Å². The zero-order valence-electron chi connectivity index (χ0n) is 18.8. The number of ether oxygens (including phenoxy) is 2. The summed E-state index contributed by atoms with van der Waals surface area (Å²) in [5, 5.41) is 10.5. The van der Waals surface area contributed by atoms with Crippen LogP contribution in [-0.4, -0.2) is 58.9 Å². The molecule has 0 saturated carbocycles. The summed E-state index contributed by atoms with van der Waals surface area (Å²) in [7, 11) is 1.36. The number of anilines is 1. The van der Waals surface area contributed by atoms with Gasteiger partial charge in [-0.15, -0.1) is 11.3 Å². The number of nitrogens with one attached hydrogen (secondary N) is 1. The van der Waals surface area contributed by atoms with Gasteiger partial charge in [-0.25, -0.2) is 14.6 Å². The van der Waals surface area contributed by atoms with Crippen LogP contribution in [0.15, 0.2) is 40.2 Å². The summed E-state index contributed by atoms with van der Waals surface area (Å²) < 4.78 is 15.0. The molecule has 1 aliphatic heterocycles. The molecule has 0 unspecified atom stereocenters. The lowest BCUT2D eigenvalue weighted by Gasteiger charge is -2.33. The maximum absolute atomic E-state index is 11.8. The molecule has 0 bridgehead atoms. The van der Waals surface area contributed by atoms with Crippen molar-refractivity contribution in [3.05, 3.63) is 52.0 Å². The Morgan fingerprint density at radius 3 is 2.79 bits per heavy atom. The SMILES string of the molecule is CCOC(=O)c1cc(-c2csc(C3CCN(C(=S)Nc4cccc(C(=O)OC)c4)CC3)n2)on1. The van der Waals surface area contributed by atoms with Gasteiger partial charge in [-0.1, -0.05) is 11.2 Å². The fraction of sp³-hybridized carbons (Fsp3) is 0.348. The van der Waals surface area contributed by atoms with Crippen LogP contribution in [0.25, 0.3) is 11.5 Å². The Bertz CT molecular complexity index is 1180. The maximum atomic E-state index is 11.8. The Labute approximate surface area is 206 Å². The van der Waals surface area contributed by atoms with Gasteiger partial charge in [0.05, 0.1) is 24.3 Å². The van der Waals surface area contributed by atoms with Crippen LogP contribution >= 0.6 is 23.6 Å². The molecule has 0 atom stereocenters. The first-order chi connectivity index (χ1) is 16.5. The van der Waals surface area contributed by atoms with Gasteiger partial charge in [0, 0.05) is 36.1 Å². The molecular weight excluding hydrogens is 476 g/mol. The highest BCUT2D eigenvalue weighted by Crippen LogP contribution is 2.33. The van der Waals surface area contributed by atoms with Crippen LogP contribution in [0.5, 0.6) is 0 Å². The average Bonchev–Trinajstić information content (AvgIpc) is 3.54. The molecule has 3 heterocycles. The molecule has 1 saturated heterocycles. The number of esters is 2. The number of aromatic nitrogens is 2. The van der Waals surface area contributed by atoms with Crippen LogP contribution in [0.3, 0.4) is 0 Å². The molecule has 4 rings (SSSR count). The van der Waals surface area contributed by atoms with E-state index in [1.54, 1.807) is 42.5 Å². The number of carbonyl (C=O) groups is 2. The summed E-state index contributed by atoms with van der Waals surface area (Å²) in [5.74, 6) is -0.141. The molecule has 1 fully saturated rings. The summed E-state index contributed by atoms with van der Waals surface area (Å²) in [4.78, 5) is 30.4. The molecule has 11 heteroatoms. The van der Waals surface area contributed by atoms with E-state index in [0.29, 0.717) is 28.0 Å².